The van der Waals surface area contributed by atoms with Gasteiger partial charge in [-0.25, -0.2) is 4.98 Å². The lowest BCUT2D eigenvalue weighted by Crippen LogP contribution is -2.36. The largest absolute Gasteiger partial charge is 0.309 e. The summed E-state index contributed by atoms with van der Waals surface area (Å²) in [6.45, 7) is 1.55. The van der Waals surface area contributed by atoms with Crippen LogP contribution < -0.4 is 5.32 Å². The standard InChI is InChI=1S/C18H15N3O3S/c1-12-7-8-15(19-10-12)20-16(22)11-21-17(23)14(25-18(21)24)9-13-5-3-2-4-6-13/h2-10H,11H2,1H3,(H,19,20,22)/b14-9+. The molecule has 126 valence electrons. The van der Waals surface area contributed by atoms with Gasteiger partial charge in [-0.3, -0.25) is 19.3 Å². The van der Waals surface area contributed by atoms with Crippen molar-refractivity contribution in [3.05, 3.63) is 64.7 Å². The summed E-state index contributed by atoms with van der Waals surface area (Å²) in [6.07, 6.45) is 3.27. The molecule has 2 heterocycles. The predicted octanol–water partition coefficient (Wildman–Crippen LogP) is 3.07. The van der Waals surface area contributed by atoms with Crippen LogP contribution in [0.2, 0.25) is 0 Å². The van der Waals surface area contributed by atoms with Crippen LogP contribution in [0.15, 0.2) is 53.6 Å². The monoisotopic (exact) mass is 353 g/mol. The molecule has 0 aliphatic carbocycles. The van der Waals surface area contributed by atoms with Crippen LogP contribution in [0.25, 0.3) is 6.08 Å². The van der Waals surface area contributed by atoms with Crippen molar-refractivity contribution in [2.24, 2.45) is 0 Å². The number of thioether (sulfide) groups is 1. The lowest BCUT2D eigenvalue weighted by Gasteiger charge is -2.12. The van der Waals surface area contributed by atoms with E-state index in [-0.39, 0.29) is 6.54 Å². The number of nitrogens with zero attached hydrogens (tertiary/aromatic N) is 2. The van der Waals surface area contributed by atoms with Crippen LogP contribution in [0.4, 0.5) is 10.6 Å². The van der Waals surface area contributed by atoms with Crippen LogP contribution in [0.1, 0.15) is 11.1 Å². The maximum atomic E-state index is 12.4. The number of nitrogens with one attached hydrogen (secondary N) is 1. The van der Waals surface area contributed by atoms with Crippen molar-refractivity contribution in [2.75, 3.05) is 11.9 Å². The summed E-state index contributed by atoms with van der Waals surface area (Å²) in [6, 6.07) is 12.7. The van der Waals surface area contributed by atoms with E-state index in [1.165, 1.54) is 0 Å². The number of hydrogen-bond donors (Lipinski definition) is 1. The van der Waals surface area contributed by atoms with Gasteiger partial charge in [0.1, 0.15) is 12.4 Å². The highest BCUT2D eigenvalue weighted by Gasteiger charge is 2.36. The molecule has 1 aromatic heterocycles. The maximum absolute atomic E-state index is 12.4. The van der Waals surface area contributed by atoms with Crippen LogP contribution in [-0.4, -0.2) is 33.5 Å². The zero-order valence-electron chi connectivity index (χ0n) is 13.4. The molecule has 0 spiro atoms. The van der Waals surface area contributed by atoms with Crippen molar-refractivity contribution < 1.29 is 14.4 Å². The van der Waals surface area contributed by atoms with E-state index in [1.807, 2.05) is 43.3 Å². The quantitative estimate of drug-likeness (QED) is 0.855. The summed E-state index contributed by atoms with van der Waals surface area (Å²) in [5.41, 5.74) is 1.79. The molecule has 2 aromatic rings. The van der Waals surface area contributed by atoms with Crippen LogP contribution in [0, 0.1) is 6.92 Å². The van der Waals surface area contributed by atoms with E-state index in [4.69, 9.17) is 0 Å². The molecule has 0 unspecified atom stereocenters. The Morgan fingerprint density at radius 1 is 1.20 bits per heavy atom. The lowest BCUT2D eigenvalue weighted by molar-refractivity contribution is -0.127. The van der Waals surface area contributed by atoms with Crippen LogP contribution in [0.5, 0.6) is 0 Å². The highest BCUT2D eigenvalue weighted by Crippen LogP contribution is 2.31. The van der Waals surface area contributed by atoms with Gasteiger partial charge in [-0.05, 0) is 42.0 Å². The fourth-order valence-electron chi connectivity index (χ4n) is 2.20. The first-order chi connectivity index (χ1) is 12.0. The van der Waals surface area contributed by atoms with Gasteiger partial charge in [0.05, 0.1) is 4.91 Å². The first kappa shape index (κ1) is 16.9. The lowest BCUT2D eigenvalue weighted by atomic mass is 10.2. The van der Waals surface area contributed by atoms with Gasteiger partial charge in [0, 0.05) is 6.20 Å². The molecule has 1 aliphatic heterocycles. The number of pyridine rings is 1. The molecule has 1 N–H and O–H groups in total. The van der Waals surface area contributed by atoms with Gasteiger partial charge < -0.3 is 5.32 Å². The normalized spacial score (nSPS) is 15.7. The van der Waals surface area contributed by atoms with Gasteiger partial charge in [0.25, 0.3) is 11.1 Å². The summed E-state index contributed by atoms with van der Waals surface area (Å²) in [4.78, 5) is 41.8. The molecule has 25 heavy (non-hydrogen) atoms. The van der Waals surface area contributed by atoms with Gasteiger partial charge in [-0.2, -0.15) is 0 Å². The van der Waals surface area contributed by atoms with E-state index in [9.17, 15) is 14.4 Å². The molecule has 6 nitrogen and oxygen atoms in total. The van der Waals surface area contributed by atoms with Gasteiger partial charge in [0.2, 0.25) is 5.91 Å². The number of amides is 3. The Balaban J connectivity index is 1.67. The number of hydrogen-bond acceptors (Lipinski definition) is 5. The number of carbonyl (C=O) groups excluding carboxylic acids is 3. The van der Waals surface area contributed by atoms with Crippen molar-refractivity contribution in [2.45, 2.75) is 6.92 Å². The van der Waals surface area contributed by atoms with Gasteiger partial charge in [-0.15, -0.1) is 0 Å². The van der Waals surface area contributed by atoms with Crippen molar-refractivity contribution in [3.8, 4) is 0 Å². The second-order valence-electron chi connectivity index (χ2n) is 5.45. The van der Waals surface area contributed by atoms with Crippen LogP contribution in [0.3, 0.4) is 0 Å². The minimum absolute atomic E-state index is 0.303. The van der Waals surface area contributed by atoms with Crippen LogP contribution in [-0.2, 0) is 9.59 Å². The number of aryl methyl sites for hydroxylation is 1. The molecule has 1 saturated heterocycles. The third kappa shape index (κ3) is 4.13. The molecule has 3 amide bonds. The van der Waals surface area contributed by atoms with E-state index in [2.05, 4.69) is 10.3 Å². The minimum Gasteiger partial charge on any atom is -0.309 e. The third-order valence-electron chi connectivity index (χ3n) is 3.45. The average molecular weight is 353 g/mol. The molecule has 1 fully saturated rings. The third-order valence-corrected chi connectivity index (χ3v) is 4.36. The van der Waals surface area contributed by atoms with Crippen molar-refractivity contribution >= 4 is 40.7 Å². The van der Waals surface area contributed by atoms with Crippen LogP contribution >= 0.6 is 11.8 Å². The van der Waals surface area contributed by atoms with E-state index in [0.717, 1.165) is 27.8 Å². The molecule has 3 rings (SSSR count). The summed E-state index contributed by atoms with van der Waals surface area (Å²) < 4.78 is 0. The van der Waals surface area contributed by atoms with Gasteiger partial charge in [-0.1, -0.05) is 36.4 Å². The van der Waals surface area contributed by atoms with Gasteiger partial charge >= 0.3 is 0 Å². The fourth-order valence-corrected chi connectivity index (χ4v) is 3.04. The van der Waals surface area contributed by atoms with Crippen molar-refractivity contribution in [1.29, 1.82) is 0 Å². The number of imide groups is 1. The topological polar surface area (TPSA) is 79.4 Å². The smallest absolute Gasteiger partial charge is 0.294 e. The van der Waals surface area contributed by atoms with E-state index in [0.29, 0.717) is 10.7 Å². The fraction of sp³-hybridized carbons (Fsp3) is 0.111. The average Bonchev–Trinajstić information content (AvgIpc) is 2.85. The van der Waals surface area contributed by atoms with E-state index < -0.39 is 17.1 Å². The molecule has 0 saturated carbocycles. The summed E-state index contributed by atoms with van der Waals surface area (Å²) in [5, 5.41) is 2.12. The minimum atomic E-state index is -0.473. The van der Waals surface area contributed by atoms with Gasteiger partial charge in [0.15, 0.2) is 0 Å². The molecule has 7 heteroatoms. The number of anilines is 1. The van der Waals surface area contributed by atoms with E-state index in [1.54, 1.807) is 18.3 Å². The highest BCUT2D eigenvalue weighted by molar-refractivity contribution is 8.18. The predicted molar refractivity (Wildman–Crippen MR) is 96.7 cm³/mol. The number of rotatable bonds is 4. The van der Waals surface area contributed by atoms with Crippen molar-refractivity contribution in [3.63, 3.8) is 0 Å². The molecule has 0 radical (unpaired) electrons. The Bertz CT molecular complexity index is 848. The number of carbonyl (C=O) groups is 3. The first-order valence-electron chi connectivity index (χ1n) is 7.56. The molecule has 1 aliphatic rings. The summed E-state index contributed by atoms with van der Waals surface area (Å²) in [7, 11) is 0. The Morgan fingerprint density at radius 3 is 2.64 bits per heavy atom. The Morgan fingerprint density at radius 2 is 1.96 bits per heavy atom. The SMILES string of the molecule is Cc1ccc(NC(=O)CN2C(=O)S/C(=C/c3ccccc3)C2=O)nc1. The first-order valence-corrected chi connectivity index (χ1v) is 8.37. The highest BCUT2D eigenvalue weighted by atomic mass is 32.2. The summed E-state index contributed by atoms with van der Waals surface area (Å²) >= 11 is 0.830. The van der Waals surface area contributed by atoms with Crippen molar-refractivity contribution in [1.82, 2.24) is 9.88 Å². The zero-order valence-corrected chi connectivity index (χ0v) is 14.2. The second kappa shape index (κ2) is 7.31. The molecule has 0 bridgehead atoms. The second-order valence-corrected chi connectivity index (χ2v) is 6.44. The number of benzene rings is 1. The number of aromatic nitrogens is 1. The maximum Gasteiger partial charge on any atom is 0.294 e. The molecule has 0 atom stereocenters. The zero-order chi connectivity index (χ0) is 17.8. The molecular formula is C18H15N3O3S. The Kier molecular flexibility index (Phi) is 4.95. The molecular weight excluding hydrogens is 338 g/mol. The summed E-state index contributed by atoms with van der Waals surface area (Å²) in [5.74, 6) is -0.562. The Labute approximate surface area is 148 Å². The Hall–Kier alpha value is -2.93. The van der Waals surface area contributed by atoms with E-state index >= 15 is 0 Å². The molecule has 1 aromatic carbocycles.